The highest BCUT2D eigenvalue weighted by Gasteiger charge is 2.52. The molecule has 0 aromatic heterocycles. The summed E-state index contributed by atoms with van der Waals surface area (Å²) in [6.07, 6.45) is -20.8. The van der Waals surface area contributed by atoms with Gasteiger partial charge in [-0.05, 0) is 21.1 Å². The van der Waals surface area contributed by atoms with Crippen molar-refractivity contribution in [2.24, 2.45) is 0 Å². The van der Waals surface area contributed by atoms with Crippen molar-refractivity contribution in [2.45, 2.75) is 48.9 Å². The van der Waals surface area contributed by atoms with Gasteiger partial charge in [-0.2, -0.15) is 52.7 Å². The normalized spacial score (nSPS) is 30.7. The maximum Gasteiger partial charge on any atom is 0.405 e. The Balaban J connectivity index is 3.46. The molecule has 0 bridgehead atoms. The minimum Gasteiger partial charge on any atom is -0.303 e. The molecule has 0 spiro atoms. The van der Waals surface area contributed by atoms with E-state index in [1.165, 1.54) is 0 Å². The van der Waals surface area contributed by atoms with Gasteiger partial charge in [-0.25, -0.2) is 0 Å². The fourth-order valence-electron chi connectivity index (χ4n) is 3.26. The summed E-state index contributed by atoms with van der Waals surface area (Å²) < 4.78 is 160. The third-order valence-electron chi connectivity index (χ3n) is 5.07. The quantitative estimate of drug-likeness (QED) is 0.532. The molecule has 0 radical (unpaired) electrons. The molecule has 1 heterocycles. The standard InChI is InChI=1S/C15H22F12N4/c1-29-5-8(12(16,17)18)28-4-9(13(19,20)21)30(2)6-11(15(25,26)27)31(3)7-10(29)14(22,23)24/h8-11,28H,4-7H2,1-3H3. The fraction of sp³-hybridized carbons (Fsp3) is 1.00. The van der Waals surface area contributed by atoms with Crippen LogP contribution in [-0.4, -0.2) is 111 Å². The molecule has 186 valence electrons. The Hall–Kier alpha value is -1.00. The van der Waals surface area contributed by atoms with Crippen molar-refractivity contribution < 1.29 is 52.7 Å². The second-order valence-electron chi connectivity index (χ2n) is 7.49. The summed E-state index contributed by atoms with van der Waals surface area (Å²) >= 11 is 0. The first-order chi connectivity index (χ1) is 13.7. The number of hydrogen-bond acceptors (Lipinski definition) is 4. The van der Waals surface area contributed by atoms with Gasteiger partial charge in [0.15, 0.2) is 0 Å². The zero-order chi connectivity index (χ0) is 24.6. The van der Waals surface area contributed by atoms with Gasteiger partial charge in [-0.15, -0.1) is 0 Å². The second kappa shape index (κ2) is 9.47. The summed E-state index contributed by atoms with van der Waals surface area (Å²) in [6, 6.07) is -11.0. The van der Waals surface area contributed by atoms with Crippen molar-refractivity contribution in [3.05, 3.63) is 0 Å². The van der Waals surface area contributed by atoms with E-state index in [4.69, 9.17) is 0 Å². The lowest BCUT2D eigenvalue weighted by atomic mass is 10.1. The van der Waals surface area contributed by atoms with Crippen LogP contribution in [0.25, 0.3) is 0 Å². The van der Waals surface area contributed by atoms with Crippen molar-refractivity contribution in [1.82, 2.24) is 20.0 Å². The van der Waals surface area contributed by atoms with Gasteiger partial charge >= 0.3 is 24.7 Å². The SMILES string of the molecule is CN1CC(C(F)(F)F)NCC(C(F)(F)F)N(C)CC(C(F)(F)F)N(C)CC1C(F)(F)F. The number of nitrogens with one attached hydrogen (secondary N) is 1. The maximum absolute atomic E-state index is 13.4. The number of alkyl halides is 12. The second-order valence-corrected chi connectivity index (χ2v) is 7.49. The van der Waals surface area contributed by atoms with E-state index in [0.29, 0.717) is 21.1 Å². The minimum atomic E-state index is -5.20. The summed E-state index contributed by atoms with van der Waals surface area (Å²) in [5, 5.41) is 1.54. The first-order valence-electron chi connectivity index (χ1n) is 8.76. The topological polar surface area (TPSA) is 21.8 Å². The van der Waals surface area contributed by atoms with Gasteiger partial charge < -0.3 is 5.32 Å². The van der Waals surface area contributed by atoms with E-state index < -0.39 is 75.1 Å². The molecule has 0 aromatic rings. The van der Waals surface area contributed by atoms with Crippen LogP contribution in [0, 0.1) is 0 Å². The van der Waals surface area contributed by atoms with Crippen molar-refractivity contribution in [1.29, 1.82) is 0 Å². The van der Waals surface area contributed by atoms with E-state index in [1.807, 2.05) is 0 Å². The van der Waals surface area contributed by atoms with Crippen molar-refractivity contribution >= 4 is 0 Å². The first-order valence-corrected chi connectivity index (χ1v) is 8.76. The summed E-state index contributed by atoms with van der Waals surface area (Å²) in [4.78, 5) is 0.447. The number of rotatable bonds is 0. The van der Waals surface area contributed by atoms with E-state index in [-0.39, 0.29) is 14.7 Å². The number of nitrogens with zero attached hydrogens (tertiary/aromatic N) is 3. The Morgan fingerprint density at radius 3 is 1.16 bits per heavy atom. The zero-order valence-electron chi connectivity index (χ0n) is 16.5. The van der Waals surface area contributed by atoms with Crippen molar-refractivity contribution in [3.63, 3.8) is 0 Å². The van der Waals surface area contributed by atoms with Crippen LogP contribution < -0.4 is 5.32 Å². The lowest BCUT2D eigenvalue weighted by Gasteiger charge is -2.42. The number of halogens is 12. The van der Waals surface area contributed by atoms with Crippen LogP contribution in [0.4, 0.5) is 52.7 Å². The predicted molar refractivity (Wildman–Crippen MR) is 85.3 cm³/mol. The van der Waals surface area contributed by atoms with Crippen LogP contribution in [0.2, 0.25) is 0 Å². The van der Waals surface area contributed by atoms with Crippen LogP contribution in [0.1, 0.15) is 0 Å². The molecule has 0 amide bonds. The van der Waals surface area contributed by atoms with Crippen molar-refractivity contribution in [3.8, 4) is 0 Å². The summed E-state index contributed by atoms with van der Waals surface area (Å²) in [7, 11) is 1.87. The van der Waals surface area contributed by atoms with Crippen LogP contribution in [-0.2, 0) is 0 Å². The van der Waals surface area contributed by atoms with Crippen molar-refractivity contribution in [2.75, 3.05) is 47.3 Å². The summed E-state index contributed by atoms with van der Waals surface area (Å²) in [5.41, 5.74) is 0. The molecule has 4 atom stereocenters. The molecule has 1 fully saturated rings. The zero-order valence-corrected chi connectivity index (χ0v) is 16.5. The van der Waals surface area contributed by atoms with E-state index in [9.17, 15) is 52.7 Å². The molecule has 0 aliphatic carbocycles. The molecule has 16 heteroatoms. The van der Waals surface area contributed by atoms with Crippen LogP contribution in [0.15, 0.2) is 0 Å². The maximum atomic E-state index is 13.4. The Morgan fingerprint density at radius 1 is 0.516 bits per heavy atom. The molecular formula is C15H22F12N4. The molecule has 0 aromatic carbocycles. The Labute approximate surface area is 170 Å². The molecule has 1 rings (SSSR count). The molecule has 31 heavy (non-hydrogen) atoms. The largest absolute Gasteiger partial charge is 0.405 e. The minimum absolute atomic E-state index is 0.142. The van der Waals surface area contributed by atoms with Gasteiger partial charge in [0.1, 0.15) is 24.2 Å². The summed E-state index contributed by atoms with van der Waals surface area (Å²) in [6.45, 7) is -5.70. The van der Waals surface area contributed by atoms with Gasteiger partial charge in [0.2, 0.25) is 0 Å². The average Bonchev–Trinajstić information content (AvgIpc) is 2.50. The molecule has 1 N–H and O–H groups in total. The molecular weight excluding hydrogens is 464 g/mol. The molecule has 1 aliphatic rings. The van der Waals surface area contributed by atoms with Gasteiger partial charge in [-0.1, -0.05) is 0 Å². The fourth-order valence-corrected chi connectivity index (χ4v) is 3.26. The highest BCUT2D eigenvalue weighted by molar-refractivity contribution is 4.93. The molecule has 4 nitrogen and oxygen atoms in total. The van der Waals surface area contributed by atoms with E-state index in [2.05, 4.69) is 0 Å². The molecule has 4 unspecified atom stereocenters. The van der Waals surface area contributed by atoms with Gasteiger partial charge in [0.05, 0.1) is 0 Å². The molecule has 1 aliphatic heterocycles. The van der Waals surface area contributed by atoms with E-state index in [1.54, 1.807) is 5.32 Å². The van der Waals surface area contributed by atoms with Crippen LogP contribution >= 0.6 is 0 Å². The Kier molecular flexibility index (Phi) is 8.56. The highest BCUT2D eigenvalue weighted by Crippen LogP contribution is 2.33. The smallest absolute Gasteiger partial charge is 0.303 e. The molecule has 0 saturated carbocycles. The summed E-state index contributed by atoms with van der Waals surface area (Å²) in [5.74, 6) is 0. The Morgan fingerprint density at radius 2 is 0.839 bits per heavy atom. The van der Waals surface area contributed by atoms with E-state index >= 15 is 0 Å². The van der Waals surface area contributed by atoms with E-state index in [0.717, 1.165) is 0 Å². The highest BCUT2D eigenvalue weighted by atomic mass is 19.4. The third-order valence-corrected chi connectivity index (χ3v) is 5.07. The lowest BCUT2D eigenvalue weighted by Crippen LogP contribution is -2.63. The van der Waals surface area contributed by atoms with Gasteiger partial charge in [-0.3, -0.25) is 14.7 Å². The Bertz CT molecular complexity index is 570. The lowest BCUT2D eigenvalue weighted by molar-refractivity contribution is -0.224. The number of hydrogen-bond donors (Lipinski definition) is 1. The predicted octanol–water partition coefficient (Wildman–Crippen LogP) is 3.11. The van der Waals surface area contributed by atoms with Crippen LogP contribution in [0.5, 0.6) is 0 Å². The number of likely N-dealkylation sites (N-methyl/N-ethyl adjacent to an activating group) is 3. The molecule has 1 saturated heterocycles. The third kappa shape index (κ3) is 7.82. The van der Waals surface area contributed by atoms with Crippen LogP contribution in [0.3, 0.4) is 0 Å². The average molecular weight is 486 g/mol. The van der Waals surface area contributed by atoms with Gasteiger partial charge in [0, 0.05) is 26.2 Å². The van der Waals surface area contributed by atoms with Gasteiger partial charge in [0.25, 0.3) is 0 Å². The monoisotopic (exact) mass is 486 g/mol. The first kappa shape index (κ1) is 28.0.